The van der Waals surface area contributed by atoms with Crippen LogP contribution in [0.25, 0.3) is 11.0 Å². The lowest BCUT2D eigenvalue weighted by Crippen LogP contribution is -2.30. The zero-order chi connectivity index (χ0) is 14.3. The van der Waals surface area contributed by atoms with Crippen molar-refractivity contribution >= 4 is 16.9 Å². The first-order chi connectivity index (χ1) is 9.61. The van der Waals surface area contributed by atoms with Crippen molar-refractivity contribution in [1.82, 2.24) is 4.90 Å². The van der Waals surface area contributed by atoms with Gasteiger partial charge in [-0.1, -0.05) is 18.2 Å². The van der Waals surface area contributed by atoms with E-state index in [1.807, 2.05) is 36.9 Å². The molecule has 0 bridgehead atoms. The third kappa shape index (κ3) is 2.00. The molecule has 2 aromatic rings. The number of likely N-dealkylation sites (tertiary alicyclic amines) is 1. The first-order valence-corrected chi connectivity index (χ1v) is 7.10. The molecule has 1 saturated heterocycles. The van der Waals surface area contributed by atoms with Gasteiger partial charge in [0.15, 0.2) is 5.76 Å². The Bertz CT molecular complexity index is 660. The van der Waals surface area contributed by atoms with Crippen LogP contribution in [0.4, 0.5) is 0 Å². The zero-order valence-electron chi connectivity index (χ0n) is 12.0. The van der Waals surface area contributed by atoms with Crippen LogP contribution in [-0.4, -0.2) is 30.4 Å². The summed E-state index contributed by atoms with van der Waals surface area (Å²) in [7, 11) is 0. The Kier molecular flexibility index (Phi) is 3.26. The van der Waals surface area contributed by atoms with Crippen molar-refractivity contribution < 1.29 is 9.21 Å². The van der Waals surface area contributed by atoms with Crippen molar-refractivity contribution in [2.75, 3.05) is 19.6 Å². The highest BCUT2D eigenvalue weighted by atomic mass is 16.3. The second-order valence-corrected chi connectivity index (χ2v) is 5.65. The molecule has 20 heavy (non-hydrogen) atoms. The molecule has 2 heterocycles. The fourth-order valence-electron chi connectivity index (χ4n) is 2.94. The van der Waals surface area contributed by atoms with Gasteiger partial charge in [-0.15, -0.1) is 0 Å². The Hall–Kier alpha value is -1.81. The summed E-state index contributed by atoms with van der Waals surface area (Å²) in [6.45, 7) is 6.11. The first-order valence-electron chi connectivity index (χ1n) is 7.10. The largest absolute Gasteiger partial charge is 0.450 e. The summed E-state index contributed by atoms with van der Waals surface area (Å²) >= 11 is 0. The molecule has 1 aromatic heterocycles. The smallest absolute Gasteiger partial charge is 0.289 e. The number of carbonyl (C=O) groups is 1. The Morgan fingerprint density at radius 1 is 1.45 bits per heavy atom. The zero-order valence-corrected chi connectivity index (χ0v) is 12.0. The number of nitrogens with two attached hydrogens (primary N) is 1. The van der Waals surface area contributed by atoms with Gasteiger partial charge in [-0.25, -0.2) is 0 Å². The number of furan rings is 1. The van der Waals surface area contributed by atoms with Crippen LogP contribution in [0, 0.1) is 19.8 Å². The molecular weight excluding hydrogens is 252 g/mol. The van der Waals surface area contributed by atoms with Gasteiger partial charge in [-0.2, -0.15) is 0 Å². The van der Waals surface area contributed by atoms with Crippen LogP contribution in [0.1, 0.15) is 28.1 Å². The van der Waals surface area contributed by atoms with E-state index in [1.165, 1.54) is 0 Å². The topological polar surface area (TPSA) is 59.5 Å². The summed E-state index contributed by atoms with van der Waals surface area (Å²) in [5, 5.41) is 1.03. The minimum Gasteiger partial charge on any atom is -0.450 e. The Labute approximate surface area is 118 Å². The van der Waals surface area contributed by atoms with E-state index < -0.39 is 0 Å². The van der Waals surface area contributed by atoms with Crippen molar-refractivity contribution in [3.05, 3.63) is 35.1 Å². The third-order valence-electron chi connectivity index (χ3n) is 4.26. The van der Waals surface area contributed by atoms with Crippen LogP contribution in [0.3, 0.4) is 0 Å². The van der Waals surface area contributed by atoms with Gasteiger partial charge in [0.1, 0.15) is 5.58 Å². The molecule has 106 valence electrons. The summed E-state index contributed by atoms with van der Waals surface area (Å²) < 4.78 is 5.85. The average Bonchev–Trinajstić information content (AvgIpc) is 3.05. The Morgan fingerprint density at radius 2 is 2.25 bits per heavy atom. The van der Waals surface area contributed by atoms with E-state index in [0.717, 1.165) is 41.6 Å². The van der Waals surface area contributed by atoms with E-state index in [2.05, 4.69) is 0 Å². The maximum absolute atomic E-state index is 12.6. The van der Waals surface area contributed by atoms with Gasteiger partial charge in [-0.3, -0.25) is 4.79 Å². The van der Waals surface area contributed by atoms with E-state index in [0.29, 0.717) is 18.2 Å². The third-order valence-corrected chi connectivity index (χ3v) is 4.26. The first kappa shape index (κ1) is 13.2. The number of benzene rings is 1. The molecule has 0 radical (unpaired) electrons. The SMILES string of the molecule is Cc1c(C(=O)N2CC[C@H](CN)C2)oc2c(C)cccc12. The maximum Gasteiger partial charge on any atom is 0.289 e. The van der Waals surface area contributed by atoms with Gasteiger partial charge in [-0.05, 0) is 38.3 Å². The van der Waals surface area contributed by atoms with Gasteiger partial charge in [0.05, 0.1) is 0 Å². The van der Waals surface area contributed by atoms with E-state index in [4.69, 9.17) is 10.2 Å². The molecule has 4 nitrogen and oxygen atoms in total. The maximum atomic E-state index is 12.6. The number of rotatable bonds is 2. The van der Waals surface area contributed by atoms with Gasteiger partial charge < -0.3 is 15.1 Å². The summed E-state index contributed by atoms with van der Waals surface area (Å²) in [6, 6.07) is 6.00. The molecule has 0 unspecified atom stereocenters. The highest BCUT2D eigenvalue weighted by Crippen LogP contribution is 2.29. The van der Waals surface area contributed by atoms with Gasteiger partial charge in [0.25, 0.3) is 5.91 Å². The molecule has 1 atom stereocenters. The molecule has 0 spiro atoms. The molecular formula is C16H20N2O2. The van der Waals surface area contributed by atoms with E-state index in [-0.39, 0.29) is 5.91 Å². The van der Waals surface area contributed by atoms with Crippen LogP contribution < -0.4 is 5.73 Å². The highest BCUT2D eigenvalue weighted by Gasteiger charge is 2.29. The van der Waals surface area contributed by atoms with Crippen LogP contribution >= 0.6 is 0 Å². The van der Waals surface area contributed by atoms with Crippen molar-refractivity contribution in [3.8, 4) is 0 Å². The molecule has 2 N–H and O–H groups in total. The number of nitrogens with zero attached hydrogens (tertiary/aromatic N) is 1. The number of hydrogen-bond donors (Lipinski definition) is 1. The molecule has 1 amide bonds. The second kappa shape index (κ2) is 4.94. The number of amides is 1. The predicted octanol–water partition coefficient (Wildman–Crippen LogP) is 2.47. The molecule has 0 saturated carbocycles. The van der Waals surface area contributed by atoms with Crippen molar-refractivity contribution in [2.24, 2.45) is 11.7 Å². The van der Waals surface area contributed by atoms with Crippen LogP contribution in [0.2, 0.25) is 0 Å². The lowest BCUT2D eigenvalue weighted by atomic mass is 10.1. The number of carbonyl (C=O) groups excluding carboxylic acids is 1. The molecule has 0 aliphatic carbocycles. The van der Waals surface area contributed by atoms with Crippen LogP contribution in [0.15, 0.2) is 22.6 Å². The summed E-state index contributed by atoms with van der Waals surface area (Å²) in [4.78, 5) is 14.5. The highest BCUT2D eigenvalue weighted by molar-refractivity contribution is 5.99. The van der Waals surface area contributed by atoms with Crippen LogP contribution in [0.5, 0.6) is 0 Å². The number of aryl methyl sites for hydroxylation is 2. The lowest BCUT2D eigenvalue weighted by Gasteiger charge is -2.14. The molecule has 3 rings (SSSR count). The monoisotopic (exact) mass is 272 g/mol. The van der Waals surface area contributed by atoms with Gasteiger partial charge in [0.2, 0.25) is 0 Å². The molecule has 1 aliphatic heterocycles. The minimum absolute atomic E-state index is 0.00551. The number of fused-ring (bicyclic) bond motifs is 1. The molecule has 1 aliphatic rings. The number of hydrogen-bond acceptors (Lipinski definition) is 3. The molecule has 4 heteroatoms. The molecule has 1 fully saturated rings. The molecule has 1 aromatic carbocycles. The summed E-state index contributed by atoms with van der Waals surface area (Å²) in [5.41, 5.74) is 8.50. The Morgan fingerprint density at radius 3 is 2.90 bits per heavy atom. The van der Waals surface area contributed by atoms with Crippen molar-refractivity contribution in [2.45, 2.75) is 20.3 Å². The van der Waals surface area contributed by atoms with Crippen molar-refractivity contribution in [1.29, 1.82) is 0 Å². The summed E-state index contributed by atoms with van der Waals surface area (Å²) in [6.07, 6.45) is 0.987. The fourth-order valence-corrected chi connectivity index (χ4v) is 2.94. The van der Waals surface area contributed by atoms with E-state index in [9.17, 15) is 4.79 Å². The predicted molar refractivity (Wildman–Crippen MR) is 78.8 cm³/mol. The summed E-state index contributed by atoms with van der Waals surface area (Å²) in [5.74, 6) is 0.895. The van der Waals surface area contributed by atoms with E-state index >= 15 is 0 Å². The minimum atomic E-state index is -0.00551. The van der Waals surface area contributed by atoms with Gasteiger partial charge in [0, 0.05) is 24.0 Å². The quantitative estimate of drug-likeness (QED) is 0.913. The average molecular weight is 272 g/mol. The fraction of sp³-hybridized carbons (Fsp3) is 0.438. The Balaban J connectivity index is 1.96. The lowest BCUT2D eigenvalue weighted by molar-refractivity contribution is 0.0757. The van der Waals surface area contributed by atoms with Crippen molar-refractivity contribution in [3.63, 3.8) is 0 Å². The second-order valence-electron chi connectivity index (χ2n) is 5.65. The van der Waals surface area contributed by atoms with E-state index in [1.54, 1.807) is 0 Å². The standard InChI is InChI=1S/C16H20N2O2/c1-10-4-3-5-13-11(2)15(20-14(10)13)16(19)18-7-6-12(8-17)9-18/h3-5,12H,6-9,17H2,1-2H3/t12-/m1/s1. The number of para-hydroxylation sites is 1. The normalized spacial score (nSPS) is 18.9. The van der Waals surface area contributed by atoms with Crippen LogP contribution in [-0.2, 0) is 0 Å². The van der Waals surface area contributed by atoms with Gasteiger partial charge >= 0.3 is 0 Å².